The van der Waals surface area contributed by atoms with E-state index in [1.807, 2.05) is 0 Å². The summed E-state index contributed by atoms with van der Waals surface area (Å²) < 4.78 is 79.3. The van der Waals surface area contributed by atoms with Gasteiger partial charge in [0.25, 0.3) is 11.8 Å². The Hall–Kier alpha value is -4.00. The van der Waals surface area contributed by atoms with E-state index in [9.17, 15) is 44.8 Å². The molecule has 0 spiro atoms. The Balaban J connectivity index is 0.000000194. The predicted molar refractivity (Wildman–Crippen MR) is 178 cm³/mol. The molecule has 0 unspecified atom stereocenters. The van der Waals surface area contributed by atoms with Gasteiger partial charge in [0.05, 0.1) is 11.5 Å². The zero-order valence-electron chi connectivity index (χ0n) is 27.6. The molecule has 50 heavy (non-hydrogen) atoms. The number of urea groups is 2. The van der Waals surface area contributed by atoms with Gasteiger partial charge in [-0.1, -0.05) is 24.3 Å². The number of hydrogen-bond acceptors (Lipinski definition) is 8. The van der Waals surface area contributed by atoms with Crippen LogP contribution in [0.2, 0.25) is 0 Å². The lowest BCUT2D eigenvalue weighted by atomic mass is 9.90. The maximum atomic E-state index is 13.0. The van der Waals surface area contributed by atoms with Gasteiger partial charge in [-0.15, -0.1) is 0 Å². The maximum absolute atomic E-state index is 13.0. The fourth-order valence-electron chi connectivity index (χ4n) is 6.68. The number of carbonyl (C=O) groups excluding carboxylic acids is 4. The Labute approximate surface area is 289 Å². The van der Waals surface area contributed by atoms with Crippen molar-refractivity contribution < 1.29 is 44.8 Å². The van der Waals surface area contributed by atoms with Gasteiger partial charge in [0.2, 0.25) is 20.0 Å². The number of rotatable bonds is 8. The molecule has 4 aliphatic heterocycles. The lowest BCUT2D eigenvalue weighted by molar-refractivity contribution is -0.123. The summed E-state index contributed by atoms with van der Waals surface area (Å²) in [5.74, 6) is -2.46. The lowest BCUT2D eigenvalue weighted by Crippen LogP contribution is -2.53. The number of carbonyl (C=O) groups is 4. The van der Waals surface area contributed by atoms with Gasteiger partial charge in [0.15, 0.2) is 0 Å². The smallest absolute Gasteiger partial charge is 0.322 e. The number of hydrogen-bond donors (Lipinski definition) is 4. The summed E-state index contributed by atoms with van der Waals surface area (Å²) in [6, 6.07) is 11.2. The van der Waals surface area contributed by atoms with Crippen LogP contribution in [0.3, 0.4) is 0 Å². The molecule has 18 heteroatoms. The predicted octanol–water partition coefficient (Wildman–Crippen LogP) is 1.87. The lowest BCUT2D eigenvalue weighted by Gasteiger charge is -2.33. The van der Waals surface area contributed by atoms with E-state index < -0.39 is 66.5 Å². The monoisotopic (exact) mass is 738 g/mol. The molecule has 0 radical (unpaired) electrons. The summed E-state index contributed by atoms with van der Waals surface area (Å²) in [4.78, 5) is 46.2. The zero-order chi connectivity index (χ0) is 36.5. The molecular weight excluding hydrogens is 699 g/mol. The van der Waals surface area contributed by atoms with Gasteiger partial charge >= 0.3 is 12.1 Å². The first kappa shape index (κ1) is 37.3. The van der Waals surface area contributed by atoms with E-state index in [0.717, 1.165) is 11.1 Å². The fourth-order valence-corrected chi connectivity index (χ4v) is 10.4. The zero-order valence-corrected chi connectivity index (χ0v) is 29.2. The van der Waals surface area contributed by atoms with E-state index in [-0.39, 0.29) is 23.5 Å². The van der Waals surface area contributed by atoms with Crippen molar-refractivity contribution in [2.75, 3.05) is 37.7 Å². The number of imide groups is 2. The topological polar surface area (TPSA) is 191 Å². The van der Waals surface area contributed by atoms with Gasteiger partial charge in [-0.05, 0) is 86.8 Å². The van der Waals surface area contributed by atoms with Crippen LogP contribution in [0.15, 0.2) is 48.5 Å². The van der Waals surface area contributed by atoms with Crippen molar-refractivity contribution in [2.24, 2.45) is 0 Å². The standard InChI is InChI=1S/2C16H20FN3O4S/c2*1-16(14(21)18-15(22)19-16)10-25(23,24)20-8-6-12(7-9-20)11-2-4-13(17)5-3-11/h2*2-5,12H,6-10H2,1H3,(H2,18,19,21,22)/t2*16-/m11/s1. The highest BCUT2D eigenvalue weighted by atomic mass is 32.2. The largest absolute Gasteiger partial charge is 0.322 e. The third kappa shape index (κ3) is 8.47. The molecule has 0 aliphatic carbocycles. The maximum Gasteiger partial charge on any atom is 0.322 e. The summed E-state index contributed by atoms with van der Waals surface area (Å²) >= 11 is 0. The van der Waals surface area contributed by atoms with E-state index in [2.05, 4.69) is 21.3 Å². The first-order valence-electron chi connectivity index (χ1n) is 16.1. The van der Waals surface area contributed by atoms with E-state index in [0.29, 0.717) is 51.9 Å². The van der Waals surface area contributed by atoms with Gasteiger partial charge in [0, 0.05) is 26.2 Å². The average molecular weight is 739 g/mol. The Kier molecular flexibility index (Phi) is 10.7. The van der Waals surface area contributed by atoms with Crippen LogP contribution >= 0.6 is 0 Å². The highest BCUT2D eigenvalue weighted by molar-refractivity contribution is 7.89. The fraction of sp³-hybridized carbons (Fsp3) is 0.500. The van der Waals surface area contributed by atoms with E-state index >= 15 is 0 Å². The third-order valence-corrected chi connectivity index (χ3v) is 13.7. The molecule has 4 saturated heterocycles. The Morgan fingerprint density at radius 3 is 1.16 bits per heavy atom. The number of piperidine rings is 2. The van der Waals surface area contributed by atoms with Crippen molar-refractivity contribution in [3.63, 3.8) is 0 Å². The second-order valence-electron chi connectivity index (χ2n) is 13.4. The van der Waals surface area contributed by atoms with Crippen molar-refractivity contribution in [1.82, 2.24) is 29.9 Å². The first-order chi connectivity index (χ1) is 23.4. The molecule has 272 valence electrons. The van der Waals surface area contributed by atoms with E-state index in [1.165, 1.54) is 46.7 Å². The number of nitrogens with zero attached hydrogens (tertiary/aromatic N) is 2. The number of nitrogens with one attached hydrogen (secondary N) is 4. The highest BCUT2D eigenvalue weighted by Gasteiger charge is 2.48. The summed E-state index contributed by atoms with van der Waals surface area (Å²) in [6.07, 6.45) is 2.50. The summed E-state index contributed by atoms with van der Waals surface area (Å²) in [5, 5.41) is 8.88. The first-order valence-corrected chi connectivity index (χ1v) is 19.3. The van der Waals surface area contributed by atoms with Crippen molar-refractivity contribution in [3.05, 3.63) is 71.3 Å². The molecule has 14 nitrogen and oxygen atoms in total. The van der Waals surface area contributed by atoms with Gasteiger partial charge in [-0.3, -0.25) is 20.2 Å². The van der Waals surface area contributed by atoms with E-state index in [1.54, 1.807) is 24.3 Å². The van der Waals surface area contributed by atoms with Gasteiger partial charge in [-0.25, -0.2) is 43.8 Å². The minimum Gasteiger partial charge on any atom is -0.322 e. The van der Waals surface area contributed by atoms with Crippen LogP contribution in [0.1, 0.15) is 62.5 Å². The number of halogens is 2. The average Bonchev–Trinajstić information content (AvgIpc) is 3.46. The second kappa shape index (κ2) is 14.3. The summed E-state index contributed by atoms with van der Waals surface area (Å²) in [7, 11) is -7.39. The molecule has 6 rings (SSSR count). The van der Waals surface area contributed by atoms with Crippen LogP contribution in [-0.4, -0.2) is 98.1 Å². The molecule has 0 aromatic heterocycles. The molecule has 2 aromatic rings. The summed E-state index contributed by atoms with van der Waals surface area (Å²) in [5.41, 5.74) is -0.923. The number of amides is 6. The Morgan fingerprint density at radius 2 is 0.900 bits per heavy atom. The SMILES string of the molecule is C[C@]1(CS(=O)(=O)N2CCC(c3ccc(F)cc3)CC2)NC(=O)NC1=O.C[C@]1(CS(=O)(=O)N2CCC(c3ccc(F)cc3)CC2)NC(=O)NC1=O. The third-order valence-electron chi connectivity index (χ3n) is 9.55. The quantitative estimate of drug-likeness (QED) is 0.295. The van der Waals surface area contributed by atoms with Crippen LogP contribution in [0.25, 0.3) is 0 Å². The molecule has 4 N–H and O–H groups in total. The van der Waals surface area contributed by atoms with Crippen molar-refractivity contribution >= 4 is 43.9 Å². The van der Waals surface area contributed by atoms with Gasteiger partial charge < -0.3 is 10.6 Å². The van der Waals surface area contributed by atoms with Gasteiger partial charge in [0.1, 0.15) is 22.7 Å². The molecule has 2 atom stereocenters. The molecule has 4 fully saturated rings. The number of benzene rings is 2. The molecule has 0 bridgehead atoms. The van der Waals surface area contributed by atoms with E-state index in [4.69, 9.17) is 0 Å². The van der Waals surface area contributed by atoms with Crippen LogP contribution in [0.5, 0.6) is 0 Å². The minimum absolute atomic E-state index is 0.178. The molecule has 6 amide bonds. The highest BCUT2D eigenvalue weighted by Crippen LogP contribution is 2.31. The molecule has 4 aliphatic rings. The van der Waals surface area contributed by atoms with Crippen molar-refractivity contribution in [1.29, 1.82) is 0 Å². The molecular formula is C32H40F2N6O8S2. The van der Waals surface area contributed by atoms with Crippen LogP contribution in [0.4, 0.5) is 18.4 Å². The minimum atomic E-state index is -3.70. The molecule has 4 heterocycles. The van der Waals surface area contributed by atoms with Crippen molar-refractivity contribution in [3.8, 4) is 0 Å². The molecule has 0 saturated carbocycles. The van der Waals surface area contributed by atoms with Gasteiger partial charge in [-0.2, -0.15) is 0 Å². The molecule has 2 aromatic carbocycles. The Morgan fingerprint density at radius 1 is 0.600 bits per heavy atom. The second-order valence-corrected chi connectivity index (χ2v) is 17.4. The Bertz CT molecular complexity index is 1710. The van der Waals surface area contributed by atoms with Crippen LogP contribution in [-0.2, 0) is 29.6 Å². The van der Waals surface area contributed by atoms with Crippen LogP contribution < -0.4 is 21.3 Å². The normalized spacial score (nSPS) is 25.7. The number of sulfonamides is 2. The van der Waals surface area contributed by atoms with Crippen LogP contribution in [0, 0.1) is 11.6 Å². The summed E-state index contributed by atoms with van der Waals surface area (Å²) in [6.45, 7) is 4.12. The van der Waals surface area contributed by atoms with Crippen molar-refractivity contribution in [2.45, 2.75) is 62.4 Å².